The van der Waals surface area contributed by atoms with E-state index in [-0.39, 0.29) is 24.5 Å². The maximum atomic E-state index is 12.6. The molecule has 6 heteroatoms. The van der Waals surface area contributed by atoms with E-state index in [0.717, 1.165) is 19.3 Å². The van der Waals surface area contributed by atoms with Gasteiger partial charge in [0.2, 0.25) is 5.88 Å². The number of carboxylic acid groups (broad SMARTS) is 1. The average Bonchev–Trinajstić information content (AvgIpc) is 2.94. The molecular weight excluding hydrogens is 284 g/mol. The smallest absolute Gasteiger partial charge is 0.305 e. The zero-order valence-corrected chi connectivity index (χ0v) is 13.0. The van der Waals surface area contributed by atoms with Gasteiger partial charge in [-0.15, -0.1) is 0 Å². The number of carbonyl (C=O) groups is 2. The first-order valence-electron chi connectivity index (χ1n) is 7.66. The lowest BCUT2D eigenvalue weighted by Crippen LogP contribution is -2.36. The Morgan fingerprint density at radius 3 is 3.00 bits per heavy atom. The van der Waals surface area contributed by atoms with Crippen LogP contribution in [-0.2, 0) is 4.79 Å². The number of carboxylic acids is 1. The Labute approximate surface area is 130 Å². The molecule has 0 aliphatic carbocycles. The molecule has 2 unspecified atom stereocenters. The van der Waals surface area contributed by atoms with E-state index >= 15 is 0 Å². The minimum atomic E-state index is -0.875. The van der Waals surface area contributed by atoms with Gasteiger partial charge in [-0.25, -0.2) is 4.98 Å². The number of likely N-dealkylation sites (tertiary alicyclic amines) is 1. The summed E-state index contributed by atoms with van der Waals surface area (Å²) in [6.07, 6.45) is 4.00. The molecule has 22 heavy (non-hydrogen) atoms. The van der Waals surface area contributed by atoms with Gasteiger partial charge in [0.25, 0.3) is 5.91 Å². The number of aromatic nitrogens is 1. The monoisotopic (exact) mass is 306 g/mol. The van der Waals surface area contributed by atoms with Crippen molar-refractivity contribution in [2.24, 2.45) is 0 Å². The van der Waals surface area contributed by atoms with Gasteiger partial charge >= 0.3 is 5.97 Å². The number of amides is 1. The van der Waals surface area contributed by atoms with Crippen molar-refractivity contribution < 1.29 is 19.4 Å². The fourth-order valence-corrected chi connectivity index (χ4v) is 2.58. The molecule has 1 saturated heterocycles. The van der Waals surface area contributed by atoms with Crippen LogP contribution >= 0.6 is 0 Å². The van der Waals surface area contributed by atoms with Crippen LogP contribution < -0.4 is 4.74 Å². The third kappa shape index (κ3) is 3.96. The fraction of sp³-hybridized carbons (Fsp3) is 0.562. The normalized spacial score (nSPS) is 19.0. The van der Waals surface area contributed by atoms with E-state index in [0.29, 0.717) is 18.0 Å². The second-order valence-corrected chi connectivity index (χ2v) is 5.61. The van der Waals surface area contributed by atoms with Gasteiger partial charge in [0.05, 0.1) is 12.5 Å². The van der Waals surface area contributed by atoms with Crippen LogP contribution in [0.4, 0.5) is 0 Å². The van der Waals surface area contributed by atoms with Crippen molar-refractivity contribution in [1.82, 2.24) is 9.88 Å². The number of nitrogens with zero attached hydrogens (tertiary/aromatic N) is 2. The van der Waals surface area contributed by atoms with E-state index < -0.39 is 5.97 Å². The van der Waals surface area contributed by atoms with E-state index in [4.69, 9.17) is 9.84 Å². The molecule has 2 atom stereocenters. The van der Waals surface area contributed by atoms with Crippen LogP contribution in [0.1, 0.15) is 49.9 Å². The van der Waals surface area contributed by atoms with Gasteiger partial charge < -0.3 is 14.7 Å². The lowest BCUT2D eigenvalue weighted by Gasteiger charge is -2.23. The molecule has 6 nitrogen and oxygen atoms in total. The summed E-state index contributed by atoms with van der Waals surface area (Å²) in [5, 5.41) is 8.95. The largest absolute Gasteiger partial charge is 0.481 e. The molecule has 0 radical (unpaired) electrons. The summed E-state index contributed by atoms with van der Waals surface area (Å²) < 4.78 is 5.63. The first kappa shape index (κ1) is 16.3. The van der Waals surface area contributed by atoms with E-state index in [2.05, 4.69) is 4.98 Å². The first-order chi connectivity index (χ1) is 10.5. The Morgan fingerprint density at radius 1 is 1.55 bits per heavy atom. The van der Waals surface area contributed by atoms with E-state index in [1.165, 1.54) is 0 Å². The molecule has 1 amide bonds. The maximum Gasteiger partial charge on any atom is 0.305 e. The van der Waals surface area contributed by atoms with E-state index in [1.54, 1.807) is 23.2 Å². The number of aliphatic carboxylic acids is 1. The van der Waals surface area contributed by atoms with Gasteiger partial charge in [-0.3, -0.25) is 9.59 Å². The van der Waals surface area contributed by atoms with Crippen molar-refractivity contribution in [2.45, 2.75) is 51.7 Å². The van der Waals surface area contributed by atoms with Crippen molar-refractivity contribution in [3.05, 3.63) is 23.9 Å². The van der Waals surface area contributed by atoms with Crippen LogP contribution in [-0.4, -0.2) is 45.6 Å². The Hall–Kier alpha value is -2.11. The third-order valence-corrected chi connectivity index (χ3v) is 3.93. The van der Waals surface area contributed by atoms with Gasteiger partial charge in [0.15, 0.2) is 0 Å². The average molecular weight is 306 g/mol. The highest BCUT2D eigenvalue weighted by atomic mass is 16.5. The molecule has 1 fully saturated rings. The summed E-state index contributed by atoms with van der Waals surface area (Å²) >= 11 is 0. The molecule has 1 N–H and O–H groups in total. The van der Waals surface area contributed by atoms with Gasteiger partial charge in [-0.2, -0.15) is 0 Å². The Kier molecular flexibility index (Phi) is 5.35. The summed E-state index contributed by atoms with van der Waals surface area (Å²) in [6, 6.07) is 3.05. The molecule has 1 aliphatic heterocycles. The van der Waals surface area contributed by atoms with E-state index in [1.807, 2.05) is 13.8 Å². The molecule has 0 bridgehead atoms. The molecule has 1 aromatic rings. The molecule has 120 valence electrons. The third-order valence-electron chi connectivity index (χ3n) is 3.93. The predicted molar refractivity (Wildman–Crippen MR) is 80.9 cm³/mol. The van der Waals surface area contributed by atoms with Crippen molar-refractivity contribution in [1.29, 1.82) is 0 Å². The fourth-order valence-electron chi connectivity index (χ4n) is 2.58. The lowest BCUT2D eigenvalue weighted by atomic mass is 10.1. The van der Waals surface area contributed by atoms with Gasteiger partial charge in [0, 0.05) is 30.4 Å². The number of rotatable bonds is 6. The quantitative estimate of drug-likeness (QED) is 0.872. The van der Waals surface area contributed by atoms with Crippen molar-refractivity contribution in [2.75, 3.05) is 6.54 Å². The molecule has 0 saturated carbocycles. The molecule has 2 heterocycles. The Morgan fingerprint density at radius 2 is 2.32 bits per heavy atom. The summed E-state index contributed by atoms with van der Waals surface area (Å²) in [6.45, 7) is 4.56. The van der Waals surface area contributed by atoms with Crippen molar-refractivity contribution in [3.63, 3.8) is 0 Å². The minimum Gasteiger partial charge on any atom is -0.481 e. The molecule has 0 spiro atoms. The summed E-state index contributed by atoms with van der Waals surface area (Å²) in [7, 11) is 0. The Balaban J connectivity index is 2.11. The molecule has 0 aromatic carbocycles. The number of hydrogen-bond acceptors (Lipinski definition) is 4. The SMILES string of the molecule is CCC(C)Oc1cc(C(=O)N2CCCC2CC(=O)O)ccn1. The summed E-state index contributed by atoms with van der Waals surface area (Å²) in [4.78, 5) is 29.3. The van der Waals surface area contributed by atoms with Crippen LogP contribution in [0.25, 0.3) is 0 Å². The van der Waals surface area contributed by atoms with Gasteiger partial charge in [-0.05, 0) is 32.3 Å². The second-order valence-electron chi connectivity index (χ2n) is 5.61. The minimum absolute atomic E-state index is 0.00690. The van der Waals surface area contributed by atoms with Crippen molar-refractivity contribution >= 4 is 11.9 Å². The highest BCUT2D eigenvalue weighted by Gasteiger charge is 2.31. The Bertz CT molecular complexity index is 547. The molecular formula is C16H22N2O4. The zero-order valence-electron chi connectivity index (χ0n) is 13.0. The van der Waals surface area contributed by atoms with Gasteiger partial charge in [0.1, 0.15) is 0 Å². The van der Waals surface area contributed by atoms with Crippen LogP contribution in [0.15, 0.2) is 18.3 Å². The highest BCUT2D eigenvalue weighted by molar-refractivity contribution is 5.95. The van der Waals surface area contributed by atoms with E-state index in [9.17, 15) is 9.59 Å². The zero-order chi connectivity index (χ0) is 16.1. The second kappa shape index (κ2) is 7.24. The number of ether oxygens (including phenoxy) is 1. The maximum absolute atomic E-state index is 12.6. The topological polar surface area (TPSA) is 79.7 Å². The number of hydrogen-bond donors (Lipinski definition) is 1. The van der Waals surface area contributed by atoms with Gasteiger partial charge in [-0.1, -0.05) is 6.92 Å². The van der Waals surface area contributed by atoms with Crippen LogP contribution in [0, 0.1) is 0 Å². The number of pyridine rings is 1. The summed E-state index contributed by atoms with van der Waals surface area (Å²) in [5.41, 5.74) is 0.491. The van der Waals surface area contributed by atoms with Crippen LogP contribution in [0.3, 0.4) is 0 Å². The molecule has 1 aliphatic rings. The first-order valence-corrected chi connectivity index (χ1v) is 7.66. The molecule has 2 rings (SSSR count). The van der Waals surface area contributed by atoms with Crippen LogP contribution in [0.2, 0.25) is 0 Å². The number of carbonyl (C=O) groups excluding carboxylic acids is 1. The summed E-state index contributed by atoms with van der Waals surface area (Å²) in [5.74, 6) is -0.602. The standard InChI is InChI=1S/C16H22N2O4/c1-3-11(2)22-14-9-12(6-7-17-14)16(21)18-8-4-5-13(18)10-15(19)20/h6-7,9,11,13H,3-5,8,10H2,1-2H3,(H,19,20). The molecule has 1 aromatic heterocycles. The van der Waals surface area contributed by atoms with Crippen molar-refractivity contribution in [3.8, 4) is 5.88 Å². The van der Waals surface area contributed by atoms with Crippen LogP contribution in [0.5, 0.6) is 5.88 Å². The highest BCUT2D eigenvalue weighted by Crippen LogP contribution is 2.23. The predicted octanol–water partition coefficient (Wildman–Crippen LogP) is 2.34. The lowest BCUT2D eigenvalue weighted by molar-refractivity contribution is -0.137.